The summed E-state index contributed by atoms with van der Waals surface area (Å²) in [5, 5.41) is 3.10. The molecule has 96 valence electrons. The van der Waals surface area contributed by atoms with Crippen LogP contribution in [0, 0.1) is 0 Å². The summed E-state index contributed by atoms with van der Waals surface area (Å²) in [6.45, 7) is 1.62. The van der Waals surface area contributed by atoms with Crippen LogP contribution < -0.4 is 11.1 Å². The summed E-state index contributed by atoms with van der Waals surface area (Å²) in [4.78, 5) is 18.3. The number of likely N-dealkylation sites (N-methyl/N-ethyl adjacent to an activating group) is 1. The number of rotatable bonds is 5. The fraction of sp³-hybridized carbons (Fsp3) is 0.400. The first kappa shape index (κ1) is 12.2. The summed E-state index contributed by atoms with van der Waals surface area (Å²) in [7, 11) is 4.00. The maximum atomic E-state index is 5.65. The van der Waals surface area contributed by atoms with E-state index in [1.54, 1.807) is 23.3 Å². The number of aromatic nitrogens is 5. The largest absolute Gasteiger partial charge is 0.368 e. The number of hydrogen-bond acceptors (Lipinski definition) is 7. The van der Waals surface area contributed by atoms with E-state index in [4.69, 9.17) is 5.73 Å². The van der Waals surface area contributed by atoms with Gasteiger partial charge in [-0.1, -0.05) is 0 Å². The van der Waals surface area contributed by atoms with E-state index in [0.29, 0.717) is 11.9 Å². The molecule has 0 saturated heterocycles. The van der Waals surface area contributed by atoms with Gasteiger partial charge in [0.05, 0.1) is 0 Å². The Hall–Kier alpha value is -2.22. The van der Waals surface area contributed by atoms with Gasteiger partial charge < -0.3 is 16.0 Å². The van der Waals surface area contributed by atoms with Crippen molar-refractivity contribution in [1.29, 1.82) is 0 Å². The summed E-state index contributed by atoms with van der Waals surface area (Å²) in [5.41, 5.74) is 5.65. The molecule has 18 heavy (non-hydrogen) atoms. The van der Waals surface area contributed by atoms with Gasteiger partial charge >= 0.3 is 0 Å². The standard InChI is InChI=1S/C10H16N8/c1-17(2)5-4-13-9-14-8(11)15-10(16-9)18-6-3-12-7-18/h3,6-7H,4-5H2,1-2H3,(H3,11,13,14,15,16). The van der Waals surface area contributed by atoms with Crippen LogP contribution in [0.3, 0.4) is 0 Å². The molecule has 2 rings (SSSR count). The Morgan fingerprint density at radius 3 is 2.83 bits per heavy atom. The summed E-state index contributed by atoms with van der Waals surface area (Å²) in [6.07, 6.45) is 5.01. The molecule has 0 atom stereocenters. The highest BCUT2D eigenvalue weighted by atomic mass is 15.3. The Kier molecular flexibility index (Phi) is 3.68. The molecular formula is C10H16N8. The number of anilines is 2. The van der Waals surface area contributed by atoms with Crippen LogP contribution in [0.1, 0.15) is 0 Å². The Bertz CT molecular complexity index is 493. The molecule has 2 aromatic heterocycles. The van der Waals surface area contributed by atoms with Crippen LogP contribution in [0.2, 0.25) is 0 Å². The normalized spacial score (nSPS) is 10.8. The summed E-state index contributed by atoms with van der Waals surface area (Å²) >= 11 is 0. The van der Waals surface area contributed by atoms with E-state index >= 15 is 0 Å². The lowest BCUT2D eigenvalue weighted by Gasteiger charge is -2.11. The summed E-state index contributed by atoms with van der Waals surface area (Å²) in [6, 6.07) is 0. The molecule has 0 aromatic carbocycles. The SMILES string of the molecule is CN(C)CCNc1nc(N)nc(-n2ccnc2)n1. The first-order valence-corrected chi connectivity index (χ1v) is 5.53. The highest BCUT2D eigenvalue weighted by molar-refractivity contribution is 5.34. The molecule has 0 spiro atoms. The van der Waals surface area contributed by atoms with Crippen LogP contribution in [0.25, 0.3) is 5.95 Å². The zero-order valence-corrected chi connectivity index (χ0v) is 10.4. The first-order chi connectivity index (χ1) is 8.65. The molecule has 0 fully saturated rings. The zero-order chi connectivity index (χ0) is 13.0. The van der Waals surface area contributed by atoms with Crippen LogP contribution in [-0.4, -0.2) is 56.6 Å². The topological polar surface area (TPSA) is 97.8 Å². The predicted molar refractivity (Wildman–Crippen MR) is 68.4 cm³/mol. The molecule has 0 radical (unpaired) electrons. The van der Waals surface area contributed by atoms with Gasteiger partial charge in [-0.15, -0.1) is 0 Å². The highest BCUT2D eigenvalue weighted by Crippen LogP contribution is 2.06. The van der Waals surface area contributed by atoms with E-state index in [0.717, 1.165) is 13.1 Å². The van der Waals surface area contributed by atoms with E-state index in [9.17, 15) is 0 Å². The average Bonchev–Trinajstić information content (AvgIpc) is 2.81. The first-order valence-electron chi connectivity index (χ1n) is 5.53. The van der Waals surface area contributed by atoms with E-state index in [-0.39, 0.29) is 5.95 Å². The van der Waals surface area contributed by atoms with Gasteiger partial charge in [-0.05, 0) is 14.1 Å². The third-order valence-corrected chi connectivity index (χ3v) is 2.22. The second-order valence-electron chi connectivity index (χ2n) is 4.02. The Balaban J connectivity index is 2.12. The van der Waals surface area contributed by atoms with E-state index < -0.39 is 0 Å². The van der Waals surface area contributed by atoms with E-state index in [1.807, 2.05) is 14.1 Å². The molecule has 0 aliphatic heterocycles. The second-order valence-corrected chi connectivity index (χ2v) is 4.02. The molecule has 0 aliphatic carbocycles. The molecule has 3 N–H and O–H groups in total. The number of nitrogens with one attached hydrogen (secondary N) is 1. The van der Waals surface area contributed by atoms with Crippen molar-refractivity contribution in [3.63, 3.8) is 0 Å². The monoisotopic (exact) mass is 248 g/mol. The lowest BCUT2D eigenvalue weighted by atomic mass is 10.6. The number of nitrogens with zero attached hydrogens (tertiary/aromatic N) is 6. The fourth-order valence-corrected chi connectivity index (χ4v) is 1.34. The van der Waals surface area contributed by atoms with Crippen molar-refractivity contribution in [2.75, 3.05) is 38.2 Å². The second kappa shape index (κ2) is 5.41. The highest BCUT2D eigenvalue weighted by Gasteiger charge is 2.05. The molecule has 0 saturated carbocycles. The van der Waals surface area contributed by atoms with Crippen molar-refractivity contribution in [2.24, 2.45) is 0 Å². The number of imidazole rings is 1. The molecule has 0 amide bonds. The lowest BCUT2D eigenvalue weighted by Crippen LogP contribution is -2.22. The van der Waals surface area contributed by atoms with Crippen LogP contribution in [-0.2, 0) is 0 Å². The van der Waals surface area contributed by atoms with E-state index in [2.05, 4.69) is 30.2 Å². The number of nitrogen functional groups attached to an aromatic ring is 1. The van der Waals surface area contributed by atoms with Gasteiger partial charge in [0, 0.05) is 25.5 Å². The van der Waals surface area contributed by atoms with Gasteiger partial charge in [0.25, 0.3) is 0 Å². The molecule has 8 nitrogen and oxygen atoms in total. The van der Waals surface area contributed by atoms with Gasteiger partial charge in [-0.3, -0.25) is 4.57 Å². The van der Waals surface area contributed by atoms with Gasteiger partial charge in [0.15, 0.2) is 0 Å². The Morgan fingerprint density at radius 1 is 1.33 bits per heavy atom. The van der Waals surface area contributed by atoms with Crippen LogP contribution in [0.4, 0.5) is 11.9 Å². The number of nitrogens with two attached hydrogens (primary N) is 1. The molecule has 2 heterocycles. The van der Waals surface area contributed by atoms with Crippen LogP contribution >= 0.6 is 0 Å². The minimum atomic E-state index is 0.182. The van der Waals surface area contributed by atoms with Crippen molar-refractivity contribution >= 4 is 11.9 Å². The molecule has 0 bridgehead atoms. The van der Waals surface area contributed by atoms with Gasteiger partial charge in [0.1, 0.15) is 6.33 Å². The quantitative estimate of drug-likeness (QED) is 0.743. The third kappa shape index (κ3) is 3.14. The molecule has 8 heteroatoms. The van der Waals surface area contributed by atoms with E-state index in [1.165, 1.54) is 0 Å². The van der Waals surface area contributed by atoms with Crippen molar-refractivity contribution in [3.05, 3.63) is 18.7 Å². The predicted octanol–water partition coefficient (Wildman–Crippen LogP) is -0.387. The van der Waals surface area contributed by atoms with Crippen molar-refractivity contribution in [1.82, 2.24) is 29.4 Å². The average molecular weight is 248 g/mol. The number of hydrogen-bond donors (Lipinski definition) is 2. The van der Waals surface area contributed by atoms with Crippen molar-refractivity contribution in [2.45, 2.75) is 0 Å². The minimum Gasteiger partial charge on any atom is -0.368 e. The molecule has 0 unspecified atom stereocenters. The smallest absolute Gasteiger partial charge is 0.241 e. The summed E-state index contributed by atoms with van der Waals surface area (Å²) in [5.74, 6) is 1.10. The maximum Gasteiger partial charge on any atom is 0.241 e. The molecule has 2 aromatic rings. The third-order valence-electron chi connectivity index (χ3n) is 2.22. The Labute approximate surface area is 105 Å². The zero-order valence-electron chi connectivity index (χ0n) is 10.4. The minimum absolute atomic E-state index is 0.182. The van der Waals surface area contributed by atoms with Crippen molar-refractivity contribution < 1.29 is 0 Å². The van der Waals surface area contributed by atoms with Gasteiger partial charge in [-0.25, -0.2) is 4.98 Å². The maximum absolute atomic E-state index is 5.65. The van der Waals surface area contributed by atoms with Gasteiger partial charge in [0.2, 0.25) is 17.8 Å². The lowest BCUT2D eigenvalue weighted by molar-refractivity contribution is 0.425. The van der Waals surface area contributed by atoms with Crippen LogP contribution in [0.15, 0.2) is 18.7 Å². The molecular weight excluding hydrogens is 232 g/mol. The summed E-state index contributed by atoms with van der Waals surface area (Å²) < 4.78 is 1.68. The molecule has 0 aliphatic rings. The van der Waals surface area contributed by atoms with Crippen LogP contribution in [0.5, 0.6) is 0 Å². The van der Waals surface area contributed by atoms with Crippen molar-refractivity contribution in [3.8, 4) is 5.95 Å². The van der Waals surface area contributed by atoms with Gasteiger partial charge in [-0.2, -0.15) is 15.0 Å². The fourth-order valence-electron chi connectivity index (χ4n) is 1.34. The Morgan fingerprint density at radius 2 is 2.17 bits per heavy atom.